The zero-order valence-electron chi connectivity index (χ0n) is 16.5. The Morgan fingerprint density at radius 3 is 2.70 bits per heavy atom. The summed E-state index contributed by atoms with van der Waals surface area (Å²) in [4.78, 5) is 30.8. The van der Waals surface area contributed by atoms with Crippen molar-refractivity contribution in [1.82, 2.24) is 15.2 Å². The predicted octanol–water partition coefficient (Wildman–Crippen LogP) is 3.93. The van der Waals surface area contributed by atoms with Crippen LogP contribution in [0.2, 0.25) is 0 Å². The highest BCUT2D eigenvalue weighted by Crippen LogP contribution is 2.40. The second kappa shape index (κ2) is 7.22. The Morgan fingerprint density at radius 1 is 1.07 bits per heavy atom. The first-order chi connectivity index (χ1) is 14.6. The summed E-state index contributed by atoms with van der Waals surface area (Å²) in [6, 6.07) is 18.9. The van der Waals surface area contributed by atoms with E-state index in [9.17, 15) is 9.59 Å². The topological polar surface area (TPSA) is 78.3 Å². The molecule has 0 unspecified atom stereocenters. The maximum Gasteiger partial charge on any atom is 0.255 e. The molecule has 1 aliphatic heterocycles. The molecule has 5 rings (SSSR count). The van der Waals surface area contributed by atoms with Gasteiger partial charge in [0.1, 0.15) is 18.1 Å². The van der Waals surface area contributed by atoms with Gasteiger partial charge in [-0.3, -0.25) is 9.59 Å². The lowest BCUT2D eigenvalue weighted by atomic mass is 9.97. The average Bonchev–Trinajstić information content (AvgIpc) is 3.44. The summed E-state index contributed by atoms with van der Waals surface area (Å²) >= 11 is 0. The van der Waals surface area contributed by atoms with Crippen molar-refractivity contribution in [2.45, 2.75) is 19.5 Å². The Morgan fingerprint density at radius 2 is 1.87 bits per heavy atom. The first-order valence-corrected chi connectivity index (χ1v) is 9.90. The number of carbonyl (C=O) groups is 2. The van der Waals surface area contributed by atoms with Crippen LogP contribution in [-0.2, 0) is 11.3 Å². The van der Waals surface area contributed by atoms with Gasteiger partial charge in [-0.1, -0.05) is 36.4 Å². The van der Waals surface area contributed by atoms with E-state index in [0.717, 1.165) is 27.8 Å². The van der Waals surface area contributed by atoms with Crippen LogP contribution in [0.15, 0.2) is 71.3 Å². The Kier molecular flexibility index (Phi) is 4.39. The Hall–Kier alpha value is -3.80. The summed E-state index contributed by atoms with van der Waals surface area (Å²) in [6.45, 7) is 2.12. The number of carbonyl (C=O) groups excluding carboxylic acids is 2. The second-order valence-corrected chi connectivity index (χ2v) is 7.50. The first kappa shape index (κ1) is 18.2. The molecule has 3 heterocycles. The molecule has 6 heteroatoms. The van der Waals surface area contributed by atoms with Crippen molar-refractivity contribution in [2.24, 2.45) is 0 Å². The summed E-state index contributed by atoms with van der Waals surface area (Å²) in [5.41, 5.74) is 3.55. The lowest BCUT2D eigenvalue weighted by Gasteiger charge is -2.25. The minimum absolute atomic E-state index is 0.0304. The summed E-state index contributed by atoms with van der Waals surface area (Å²) in [6.07, 6.45) is 1.93. The minimum atomic E-state index is -0.318. The molecule has 0 bridgehead atoms. The van der Waals surface area contributed by atoms with Gasteiger partial charge in [0, 0.05) is 28.2 Å². The third-order valence-electron chi connectivity index (χ3n) is 5.54. The number of benzene rings is 2. The fourth-order valence-corrected chi connectivity index (χ4v) is 4.17. The van der Waals surface area contributed by atoms with Gasteiger partial charge in [0.25, 0.3) is 5.91 Å². The number of aromatic nitrogens is 1. The third-order valence-corrected chi connectivity index (χ3v) is 5.54. The number of fused-ring (bicyclic) bond motifs is 2. The number of rotatable bonds is 5. The van der Waals surface area contributed by atoms with Gasteiger partial charge in [0.05, 0.1) is 12.6 Å². The Bertz CT molecular complexity index is 1250. The van der Waals surface area contributed by atoms with Crippen LogP contribution in [0.1, 0.15) is 39.0 Å². The average molecular weight is 399 g/mol. The maximum absolute atomic E-state index is 13.2. The van der Waals surface area contributed by atoms with Crippen molar-refractivity contribution in [1.29, 1.82) is 0 Å². The van der Waals surface area contributed by atoms with Gasteiger partial charge in [-0.15, -0.1) is 0 Å². The van der Waals surface area contributed by atoms with Crippen LogP contribution in [0, 0.1) is 6.92 Å². The normalized spacial score (nSPS) is 15.6. The van der Waals surface area contributed by atoms with E-state index >= 15 is 0 Å². The zero-order chi connectivity index (χ0) is 20.7. The summed E-state index contributed by atoms with van der Waals surface area (Å²) in [5, 5.41) is 3.90. The van der Waals surface area contributed by atoms with Crippen LogP contribution < -0.4 is 5.32 Å². The molecule has 0 aliphatic carbocycles. The molecule has 30 heavy (non-hydrogen) atoms. The molecule has 2 aromatic carbocycles. The van der Waals surface area contributed by atoms with E-state index in [0.29, 0.717) is 17.9 Å². The Labute approximate surface area is 173 Å². The Balaban J connectivity index is 1.45. The number of hydrogen-bond donors (Lipinski definition) is 2. The van der Waals surface area contributed by atoms with E-state index in [-0.39, 0.29) is 24.4 Å². The standard InChI is InChI=1S/C24H21N3O3/c1-15-10-11-16(30-15)12-26-22(28)14-27-23(18-7-2-3-8-19(18)24(27)29)20-13-25-21-9-5-4-6-17(20)21/h2-11,13,23,25H,12,14H2,1H3,(H,26,28)/t23-/m1/s1. The SMILES string of the molecule is Cc1ccc(CNC(=O)CN2C(=O)c3ccccc3[C@@H]2c2c[nH]c3ccccc23)o1. The van der Waals surface area contributed by atoms with E-state index in [1.165, 1.54) is 0 Å². The predicted molar refractivity (Wildman–Crippen MR) is 113 cm³/mol. The van der Waals surface area contributed by atoms with Crippen molar-refractivity contribution in [3.05, 3.63) is 95.1 Å². The highest BCUT2D eigenvalue weighted by atomic mass is 16.3. The van der Waals surface area contributed by atoms with E-state index in [1.807, 2.05) is 73.8 Å². The van der Waals surface area contributed by atoms with Crippen LogP contribution in [0.5, 0.6) is 0 Å². The molecule has 150 valence electrons. The van der Waals surface area contributed by atoms with Crippen molar-refractivity contribution in [3.8, 4) is 0 Å². The molecule has 2 amide bonds. The summed E-state index contributed by atoms with van der Waals surface area (Å²) in [7, 11) is 0. The van der Waals surface area contributed by atoms with Gasteiger partial charge in [-0.2, -0.15) is 0 Å². The fourth-order valence-electron chi connectivity index (χ4n) is 4.17. The number of aromatic amines is 1. The molecule has 1 aliphatic rings. The zero-order valence-corrected chi connectivity index (χ0v) is 16.5. The molecular weight excluding hydrogens is 378 g/mol. The van der Waals surface area contributed by atoms with E-state index < -0.39 is 0 Å². The molecule has 0 fully saturated rings. The maximum atomic E-state index is 13.2. The van der Waals surface area contributed by atoms with Crippen LogP contribution >= 0.6 is 0 Å². The van der Waals surface area contributed by atoms with Crippen LogP contribution in [0.4, 0.5) is 0 Å². The van der Waals surface area contributed by atoms with Gasteiger partial charge in [-0.25, -0.2) is 0 Å². The van der Waals surface area contributed by atoms with Crippen molar-refractivity contribution >= 4 is 22.7 Å². The molecule has 2 aromatic heterocycles. The number of furan rings is 1. The molecule has 0 radical (unpaired) electrons. The third kappa shape index (κ3) is 3.06. The van der Waals surface area contributed by atoms with Crippen LogP contribution in [0.25, 0.3) is 10.9 Å². The molecule has 0 saturated carbocycles. The number of H-pyrrole nitrogens is 1. The van der Waals surface area contributed by atoms with Crippen molar-refractivity contribution in [2.75, 3.05) is 6.54 Å². The van der Waals surface area contributed by atoms with Gasteiger partial charge < -0.3 is 19.6 Å². The number of aryl methyl sites for hydroxylation is 1. The van der Waals surface area contributed by atoms with Gasteiger partial charge in [-0.05, 0) is 36.8 Å². The van der Waals surface area contributed by atoms with Gasteiger partial charge in [0.2, 0.25) is 5.91 Å². The molecule has 6 nitrogen and oxygen atoms in total. The number of nitrogens with one attached hydrogen (secondary N) is 2. The lowest BCUT2D eigenvalue weighted by Crippen LogP contribution is -2.39. The molecular formula is C24H21N3O3. The smallest absolute Gasteiger partial charge is 0.255 e. The highest BCUT2D eigenvalue weighted by Gasteiger charge is 2.39. The van der Waals surface area contributed by atoms with Crippen molar-refractivity contribution < 1.29 is 14.0 Å². The first-order valence-electron chi connectivity index (χ1n) is 9.90. The lowest BCUT2D eigenvalue weighted by molar-refractivity contribution is -0.122. The van der Waals surface area contributed by atoms with Gasteiger partial charge in [0.15, 0.2) is 0 Å². The fraction of sp³-hybridized carbons (Fsp3) is 0.167. The number of amides is 2. The second-order valence-electron chi connectivity index (χ2n) is 7.50. The number of hydrogen-bond acceptors (Lipinski definition) is 3. The minimum Gasteiger partial charge on any atom is -0.465 e. The van der Waals surface area contributed by atoms with Crippen LogP contribution in [0.3, 0.4) is 0 Å². The quantitative estimate of drug-likeness (QED) is 0.534. The van der Waals surface area contributed by atoms with E-state index in [4.69, 9.17) is 4.42 Å². The monoisotopic (exact) mass is 399 g/mol. The largest absolute Gasteiger partial charge is 0.465 e. The van der Waals surface area contributed by atoms with E-state index in [2.05, 4.69) is 10.3 Å². The molecule has 1 atom stereocenters. The van der Waals surface area contributed by atoms with Crippen LogP contribution in [-0.4, -0.2) is 28.2 Å². The molecule has 4 aromatic rings. The molecule has 0 spiro atoms. The highest BCUT2D eigenvalue weighted by molar-refractivity contribution is 6.02. The number of para-hydroxylation sites is 1. The summed E-state index contributed by atoms with van der Waals surface area (Å²) < 4.78 is 5.50. The number of nitrogens with zero attached hydrogens (tertiary/aromatic N) is 1. The summed E-state index contributed by atoms with van der Waals surface area (Å²) in [5.74, 6) is 1.12. The van der Waals surface area contributed by atoms with Gasteiger partial charge >= 0.3 is 0 Å². The molecule has 2 N–H and O–H groups in total. The van der Waals surface area contributed by atoms with Crippen molar-refractivity contribution in [3.63, 3.8) is 0 Å². The molecule has 0 saturated heterocycles. The van der Waals surface area contributed by atoms with E-state index in [1.54, 1.807) is 4.90 Å².